The number of likely N-dealkylation sites (N-methyl/N-ethyl adjacent to an activating group) is 1. The van der Waals surface area contributed by atoms with E-state index in [4.69, 9.17) is 21.1 Å². The summed E-state index contributed by atoms with van der Waals surface area (Å²) in [5.74, 6) is 1.53. The van der Waals surface area contributed by atoms with Crippen LogP contribution in [0.25, 0.3) is 0 Å². The predicted octanol–water partition coefficient (Wildman–Crippen LogP) is 4.84. The van der Waals surface area contributed by atoms with Crippen LogP contribution in [-0.4, -0.2) is 43.0 Å². The fraction of sp³-hybridized carbons (Fsp3) is 0.458. The van der Waals surface area contributed by atoms with Crippen LogP contribution in [0.15, 0.2) is 52.8 Å². The van der Waals surface area contributed by atoms with Gasteiger partial charge >= 0.3 is 0 Å². The average molecular weight is 414 g/mol. The molecule has 0 saturated heterocycles. The molecule has 0 radical (unpaired) electrons. The third kappa shape index (κ3) is 3.43. The molecular weight excluding hydrogens is 386 g/mol. The lowest BCUT2D eigenvalue weighted by Gasteiger charge is -2.33. The molecule has 29 heavy (non-hydrogen) atoms. The first kappa shape index (κ1) is 20.2. The van der Waals surface area contributed by atoms with E-state index in [-0.39, 0.29) is 17.8 Å². The zero-order valence-electron chi connectivity index (χ0n) is 17.5. The molecule has 0 bridgehead atoms. The molecule has 1 aliphatic heterocycles. The maximum Gasteiger partial charge on any atom is 0.193 e. The molecule has 3 aliphatic rings. The van der Waals surface area contributed by atoms with Gasteiger partial charge in [-0.25, -0.2) is 0 Å². The van der Waals surface area contributed by atoms with Gasteiger partial charge in [0, 0.05) is 28.1 Å². The monoisotopic (exact) mass is 413 g/mol. The fourth-order valence-electron chi connectivity index (χ4n) is 4.51. The topological polar surface area (TPSA) is 38.8 Å². The number of hydrogen-bond acceptors (Lipinski definition) is 4. The summed E-state index contributed by atoms with van der Waals surface area (Å²) in [5.41, 5.74) is 2.05. The van der Waals surface area contributed by atoms with E-state index < -0.39 is 5.41 Å². The Labute approximate surface area is 177 Å². The van der Waals surface area contributed by atoms with Crippen molar-refractivity contribution in [2.45, 2.75) is 39.2 Å². The van der Waals surface area contributed by atoms with E-state index in [0.717, 1.165) is 47.8 Å². The van der Waals surface area contributed by atoms with Crippen molar-refractivity contribution in [2.75, 3.05) is 26.2 Å². The van der Waals surface area contributed by atoms with Crippen LogP contribution in [-0.2, 0) is 10.2 Å². The van der Waals surface area contributed by atoms with Crippen LogP contribution in [0.5, 0.6) is 5.75 Å². The maximum atomic E-state index is 13.3. The summed E-state index contributed by atoms with van der Waals surface area (Å²) in [4.78, 5) is 15.7. The molecule has 154 valence electrons. The Morgan fingerprint density at radius 3 is 2.72 bits per heavy atom. The molecule has 2 atom stereocenters. The first-order chi connectivity index (χ1) is 13.9. The van der Waals surface area contributed by atoms with Crippen LogP contribution in [0.3, 0.4) is 0 Å². The molecule has 1 aromatic rings. The van der Waals surface area contributed by atoms with Crippen molar-refractivity contribution in [1.29, 1.82) is 0 Å². The van der Waals surface area contributed by atoms with Crippen molar-refractivity contribution < 1.29 is 14.3 Å². The summed E-state index contributed by atoms with van der Waals surface area (Å²) >= 11 is 6.16. The summed E-state index contributed by atoms with van der Waals surface area (Å²) in [6, 6.07) is 5.81. The number of carbonyl (C=O) groups excluding carboxylic acids is 1. The normalized spacial score (nSPS) is 24.1. The molecule has 0 aromatic heterocycles. The molecule has 2 aliphatic carbocycles. The predicted molar refractivity (Wildman–Crippen MR) is 116 cm³/mol. The highest BCUT2D eigenvalue weighted by Crippen LogP contribution is 2.51. The summed E-state index contributed by atoms with van der Waals surface area (Å²) in [6.07, 6.45) is 5.52. The molecule has 4 nitrogen and oxygen atoms in total. The van der Waals surface area contributed by atoms with Gasteiger partial charge in [-0.3, -0.25) is 4.79 Å². The molecule has 5 heteroatoms. The zero-order valence-corrected chi connectivity index (χ0v) is 18.3. The largest absolute Gasteiger partial charge is 0.492 e. The molecular formula is C24H28ClNO3. The van der Waals surface area contributed by atoms with Crippen molar-refractivity contribution in [3.63, 3.8) is 0 Å². The molecule has 0 spiro atoms. The Bertz CT molecular complexity index is 924. The highest BCUT2D eigenvalue weighted by Gasteiger charge is 2.49. The van der Waals surface area contributed by atoms with Crippen LogP contribution in [0, 0.1) is 5.92 Å². The van der Waals surface area contributed by atoms with Crippen LogP contribution in [0.4, 0.5) is 0 Å². The average Bonchev–Trinajstić information content (AvgIpc) is 3.09. The Kier molecular flexibility index (Phi) is 5.34. The van der Waals surface area contributed by atoms with E-state index in [1.165, 1.54) is 0 Å². The molecule has 0 fully saturated rings. The van der Waals surface area contributed by atoms with Gasteiger partial charge in [0.25, 0.3) is 0 Å². The van der Waals surface area contributed by atoms with Crippen molar-refractivity contribution >= 4 is 17.4 Å². The third-order valence-corrected chi connectivity index (χ3v) is 6.52. The molecule has 0 amide bonds. The van der Waals surface area contributed by atoms with E-state index in [9.17, 15) is 4.79 Å². The van der Waals surface area contributed by atoms with E-state index in [0.29, 0.717) is 11.6 Å². The summed E-state index contributed by atoms with van der Waals surface area (Å²) in [6.45, 7) is 12.0. The smallest absolute Gasteiger partial charge is 0.193 e. The fourth-order valence-corrected chi connectivity index (χ4v) is 4.70. The minimum atomic E-state index is -0.414. The van der Waals surface area contributed by atoms with E-state index in [1.807, 2.05) is 36.4 Å². The Morgan fingerprint density at radius 1 is 1.24 bits per heavy atom. The third-order valence-electron chi connectivity index (χ3n) is 6.26. The summed E-state index contributed by atoms with van der Waals surface area (Å²) < 4.78 is 12.3. The number of nitrogens with zero attached hydrogens (tertiary/aromatic N) is 1. The molecule has 2 unspecified atom stereocenters. The SMILES string of the molecule is CCN(CC)CCOc1ccc2c(c1)C(C)(C)C1=C(C2=O)C2C=CC(Cl)=CC2O1. The van der Waals surface area contributed by atoms with Crippen molar-refractivity contribution in [3.8, 4) is 5.75 Å². The van der Waals surface area contributed by atoms with Crippen molar-refractivity contribution in [3.05, 3.63) is 63.9 Å². The highest BCUT2D eigenvalue weighted by atomic mass is 35.5. The van der Waals surface area contributed by atoms with Gasteiger partial charge in [0.05, 0.1) is 5.92 Å². The van der Waals surface area contributed by atoms with Gasteiger partial charge in [-0.15, -0.1) is 0 Å². The lowest BCUT2D eigenvalue weighted by Crippen LogP contribution is -2.31. The lowest BCUT2D eigenvalue weighted by molar-refractivity contribution is 0.101. The first-order valence-corrected chi connectivity index (χ1v) is 10.8. The number of rotatable bonds is 6. The molecule has 4 rings (SSSR count). The van der Waals surface area contributed by atoms with Gasteiger partial charge < -0.3 is 14.4 Å². The zero-order chi connectivity index (χ0) is 20.8. The molecule has 0 saturated carbocycles. The highest BCUT2D eigenvalue weighted by molar-refractivity contribution is 6.31. The Hall–Kier alpha value is -2.04. The van der Waals surface area contributed by atoms with Crippen molar-refractivity contribution in [1.82, 2.24) is 4.90 Å². The second-order valence-corrected chi connectivity index (χ2v) is 8.74. The van der Waals surface area contributed by atoms with Gasteiger partial charge in [0.1, 0.15) is 24.2 Å². The minimum Gasteiger partial charge on any atom is -0.492 e. The summed E-state index contributed by atoms with van der Waals surface area (Å²) in [5, 5.41) is 0.651. The van der Waals surface area contributed by atoms with Crippen LogP contribution >= 0.6 is 11.6 Å². The van der Waals surface area contributed by atoms with Crippen LogP contribution in [0.1, 0.15) is 43.6 Å². The number of hydrogen-bond donors (Lipinski definition) is 0. The summed E-state index contributed by atoms with van der Waals surface area (Å²) in [7, 11) is 0. The lowest BCUT2D eigenvalue weighted by atomic mass is 9.70. The van der Waals surface area contributed by atoms with Gasteiger partial charge in [-0.2, -0.15) is 0 Å². The number of Topliss-reactive ketones (excluding diaryl/α,β-unsaturated/α-hetero) is 1. The second kappa shape index (κ2) is 7.66. The van der Waals surface area contributed by atoms with E-state index in [2.05, 4.69) is 32.6 Å². The number of benzene rings is 1. The van der Waals surface area contributed by atoms with Crippen molar-refractivity contribution in [2.24, 2.45) is 5.92 Å². The minimum absolute atomic E-state index is 0.0487. The second-order valence-electron chi connectivity index (χ2n) is 8.30. The van der Waals surface area contributed by atoms with Crippen LogP contribution < -0.4 is 4.74 Å². The Morgan fingerprint density at radius 2 is 2.00 bits per heavy atom. The number of halogens is 1. The maximum absolute atomic E-state index is 13.3. The van der Waals surface area contributed by atoms with Crippen LogP contribution in [0.2, 0.25) is 0 Å². The number of ether oxygens (including phenoxy) is 2. The number of allylic oxidation sites excluding steroid dienone is 3. The Balaban J connectivity index is 1.61. The van der Waals surface area contributed by atoms with E-state index in [1.54, 1.807) is 0 Å². The van der Waals surface area contributed by atoms with Gasteiger partial charge in [-0.05, 0) is 62.9 Å². The number of carbonyl (C=O) groups is 1. The standard InChI is InChI=1S/C24H28ClNO3/c1-5-26(6-2)11-12-28-16-8-10-17-19(14-16)24(3,4)23-21(22(17)27)18-9-7-15(25)13-20(18)29-23/h7-10,13-14,18,20H,5-6,11-12H2,1-4H3. The van der Waals surface area contributed by atoms with Gasteiger partial charge in [-0.1, -0.05) is 31.5 Å². The molecule has 0 N–H and O–H groups in total. The molecule has 1 aromatic carbocycles. The number of fused-ring (bicyclic) bond motifs is 3. The van der Waals surface area contributed by atoms with Gasteiger partial charge in [0.2, 0.25) is 0 Å². The first-order valence-electron chi connectivity index (χ1n) is 10.4. The van der Waals surface area contributed by atoms with E-state index >= 15 is 0 Å². The van der Waals surface area contributed by atoms with Gasteiger partial charge in [0.15, 0.2) is 5.78 Å². The molecule has 1 heterocycles. The number of ketones is 1. The quantitative estimate of drug-likeness (QED) is 0.668.